The topological polar surface area (TPSA) is 115 Å². The van der Waals surface area contributed by atoms with Gasteiger partial charge in [0.2, 0.25) is 0 Å². The molecule has 0 saturated carbocycles. The Hall–Kier alpha value is -3.72. The van der Waals surface area contributed by atoms with Gasteiger partial charge in [0, 0.05) is 27.9 Å². The minimum atomic E-state index is -1.15. The Balaban J connectivity index is 1.74. The smallest absolute Gasteiger partial charge is 0.193 e. The van der Waals surface area contributed by atoms with Crippen molar-refractivity contribution in [2.45, 2.75) is 26.0 Å². The van der Waals surface area contributed by atoms with Gasteiger partial charge in [0.05, 0.1) is 41.2 Å². The quantitative estimate of drug-likeness (QED) is 0.191. The summed E-state index contributed by atoms with van der Waals surface area (Å²) < 4.78 is 0. The molecule has 0 amide bonds. The predicted octanol–water partition coefficient (Wildman–Crippen LogP) is 6.04. The SMILES string of the molecule is C=C[C@H](C)c1cc(C(O)Nc2cnc(-n3nccn3)c(Cl)c2)c(Cl)cc1-c1c(N)cncc1C(=C)C. The summed E-state index contributed by atoms with van der Waals surface area (Å²) in [5, 5.41) is 22.8. The van der Waals surface area contributed by atoms with Gasteiger partial charge in [-0.2, -0.15) is 10.2 Å². The van der Waals surface area contributed by atoms with E-state index < -0.39 is 6.23 Å². The van der Waals surface area contributed by atoms with E-state index in [9.17, 15) is 5.11 Å². The summed E-state index contributed by atoms with van der Waals surface area (Å²) in [6, 6.07) is 5.27. The Morgan fingerprint density at radius 3 is 2.47 bits per heavy atom. The number of rotatable bonds is 8. The summed E-state index contributed by atoms with van der Waals surface area (Å²) in [5.74, 6) is 0.306. The van der Waals surface area contributed by atoms with Crippen molar-refractivity contribution in [3.05, 3.63) is 95.2 Å². The molecule has 4 N–H and O–H groups in total. The average Bonchev–Trinajstić information content (AvgIpc) is 3.38. The number of nitrogens with zero attached hydrogens (tertiary/aromatic N) is 5. The number of hydrogen-bond donors (Lipinski definition) is 3. The second-order valence-electron chi connectivity index (χ2n) is 8.31. The van der Waals surface area contributed by atoms with Gasteiger partial charge in [-0.05, 0) is 47.7 Å². The summed E-state index contributed by atoms with van der Waals surface area (Å²) in [6.07, 6.45) is 8.58. The standard InChI is InChI=1S/C26H25Cl2N7O/c1-5-15(4)17-9-19(21(27)10-18(17)24-20(14(2)3)12-30-13-23(24)29)26(36)34-16-8-22(28)25(31-11-16)35-32-6-7-33-35/h5-13,15,26,34,36H,1-2,29H2,3-4H3/t15-,26?/m0/s1. The molecule has 184 valence electrons. The van der Waals surface area contributed by atoms with Crippen molar-refractivity contribution < 1.29 is 5.11 Å². The number of benzene rings is 1. The van der Waals surface area contributed by atoms with E-state index >= 15 is 0 Å². The molecule has 8 nitrogen and oxygen atoms in total. The second-order valence-corrected chi connectivity index (χ2v) is 9.13. The molecule has 4 aromatic rings. The largest absolute Gasteiger partial charge is 0.397 e. The van der Waals surface area contributed by atoms with Gasteiger partial charge < -0.3 is 16.2 Å². The van der Waals surface area contributed by atoms with Crippen LogP contribution < -0.4 is 11.1 Å². The lowest BCUT2D eigenvalue weighted by molar-refractivity contribution is 0.208. The molecule has 1 aromatic carbocycles. The molecule has 36 heavy (non-hydrogen) atoms. The number of aliphatic hydroxyl groups excluding tert-OH is 1. The first-order chi connectivity index (χ1) is 17.2. The van der Waals surface area contributed by atoms with E-state index in [1.54, 1.807) is 24.5 Å². The fourth-order valence-electron chi connectivity index (χ4n) is 3.86. The summed E-state index contributed by atoms with van der Waals surface area (Å²) in [4.78, 5) is 9.82. The van der Waals surface area contributed by atoms with Crippen LogP contribution in [0, 0.1) is 0 Å². The molecule has 0 bridgehead atoms. The van der Waals surface area contributed by atoms with Crippen molar-refractivity contribution in [1.29, 1.82) is 0 Å². The van der Waals surface area contributed by atoms with Crippen LogP contribution in [-0.4, -0.2) is 30.1 Å². The van der Waals surface area contributed by atoms with E-state index in [1.165, 1.54) is 23.4 Å². The van der Waals surface area contributed by atoms with Crippen LogP contribution in [0.2, 0.25) is 10.0 Å². The van der Waals surface area contributed by atoms with Gasteiger partial charge >= 0.3 is 0 Å². The number of nitrogen functional groups attached to an aromatic ring is 1. The van der Waals surface area contributed by atoms with Gasteiger partial charge in [0.15, 0.2) is 12.0 Å². The Bertz CT molecular complexity index is 1440. The molecule has 0 fully saturated rings. The van der Waals surface area contributed by atoms with E-state index in [0.717, 1.165) is 27.8 Å². The van der Waals surface area contributed by atoms with Gasteiger partial charge in [-0.25, -0.2) is 4.98 Å². The van der Waals surface area contributed by atoms with Gasteiger partial charge in [0.25, 0.3) is 0 Å². The molecule has 0 aliphatic carbocycles. The van der Waals surface area contributed by atoms with E-state index in [0.29, 0.717) is 32.8 Å². The molecular formula is C26H25Cl2N7O. The maximum Gasteiger partial charge on any atom is 0.193 e. The fourth-order valence-corrected chi connectivity index (χ4v) is 4.36. The monoisotopic (exact) mass is 521 g/mol. The lowest BCUT2D eigenvalue weighted by Gasteiger charge is -2.23. The second kappa shape index (κ2) is 10.5. The van der Waals surface area contributed by atoms with Crippen LogP contribution >= 0.6 is 23.2 Å². The number of nitrogens with two attached hydrogens (primary N) is 1. The lowest BCUT2D eigenvalue weighted by Crippen LogP contribution is -2.13. The van der Waals surface area contributed by atoms with E-state index in [2.05, 4.69) is 38.6 Å². The zero-order chi connectivity index (χ0) is 26.0. The minimum Gasteiger partial charge on any atom is -0.397 e. The zero-order valence-corrected chi connectivity index (χ0v) is 21.3. The van der Waals surface area contributed by atoms with Crippen molar-refractivity contribution in [2.75, 3.05) is 11.1 Å². The predicted molar refractivity (Wildman–Crippen MR) is 145 cm³/mol. The molecule has 10 heteroatoms. The first-order valence-corrected chi connectivity index (χ1v) is 11.8. The van der Waals surface area contributed by atoms with Crippen molar-refractivity contribution in [1.82, 2.24) is 25.0 Å². The number of allylic oxidation sites excluding steroid dienone is 2. The van der Waals surface area contributed by atoms with Gasteiger partial charge in [0.1, 0.15) is 0 Å². The summed E-state index contributed by atoms with van der Waals surface area (Å²) in [7, 11) is 0. The molecule has 0 aliphatic heterocycles. The molecule has 0 aliphatic rings. The van der Waals surface area contributed by atoms with Crippen LogP contribution in [0.1, 0.15) is 42.7 Å². The molecule has 0 spiro atoms. The number of hydrogen-bond acceptors (Lipinski definition) is 7. The first-order valence-electron chi connectivity index (χ1n) is 11.0. The van der Waals surface area contributed by atoms with Crippen LogP contribution in [0.25, 0.3) is 22.5 Å². The van der Waals surface area contributed by atoms with E-state index in [-0.39, 0.29) is 5.92 Å². The molecule has 4 rings (SSSR count). The highest BCUT2D eigenvalue weighted by Crippen LogP contribution is 2.41. The molecule has 0 saturated heterocycles. The molecule has 3 aromatic heterocycles. The Kier molecular flexibility index (Phi) is 7.40. The number of aliphatic hydroxyl groups is 1. The van der Waals surface area contributed by atoms with Crippen molar-refractivity contribution >= 4 is 40.1 Å². The van der Waals surface area contributed by atoms with Gasteiger partial charge in [-0.3, -0.25) is 4.98 Å². The number of aromatic nitrogens is 5. The molecule has 2 atom stereocenters. The fraction of sp³-hybridized carbons (Fsp3) is 0.154. The molecule has 3 heterocycles. The minimum absolute atomic E-state index is 0.0641. The Morgan fingerprint density at radius 1 is 1.11 bits per heavy atom. The average molecular weight is 522 g/mol. The highest BCUT2D eigenvalue weighted by atomic mass is 35.5. The van der Waals surface area contributed by atoms with Crippen molar-refractivity contribution in [3.8, 4) is 16.9 Å². The lowest BCUT2D eigenvalue weighted by atomic mass is 9.86. The molecule has 0 radical (unpaired) electrons. The molecule has 1 unspecified atom stereocenters. The number of halogens is 2. The van der Waals surface area contributed by atoms with E-state index in [4.69, 9.17) is 28.9 Å². The third-order valence-electron chi connectivity index (χ3n) is 5.75. The molecular weight excluding hydrogens is 497 g/mol. The van der Waals surface area contributed by atoms with Gasteiger partial charge in [-0.15, -0.1) is 11.4 Å². The summed E-state index contributed by atoms with van der Waals surface area (Å²) in [6.45, 7) is 11.9. The van der Waals surface area contributed by atoms with Crippen LogP contribution in [0.4, 0.5) is 11.4 Å². The van der Waals surface area contributed by atoms with Crippen LogP contribution in [-0.2, 0) is 0 Å². The maximum absolute atomic E-state index is 11.1. The summed E-state index contributed by atoms with van der Waals surface area (Å²) >= 11 is 13.1. The normalized spacial score (nSPS) is 12.7. The van der Waals surface area contributed by atoms with E-state index in [1.807, 2.05) is 26.0 Å². The third-order valence-corrected chi connectivity index (χ3v) is 6.35. The van der Waals surface area contributed by atoms with Crippen LogP contribution in [0.5, 0.6) is 0 Å². The van der Waals surface area contributed by atoms with Crippen LogP contribution in [0.15, 0.2) is 68.4 Å². The number of pyridine rings is 2. The Labute approximate surface area is 219 Å². The zero-order valence-electron chi connectivity index (χ0n) is 19.8. The highest BCUT2D eigenvalue weighted by Gasteiger charge is 2.22. The number of anilines is 2. The highest BCUT2D eigenvalue weighted by molar-refractivity contribution is 6.32. The third kappa shape index (κ3) is 4.97. The van der Waals surface area contributed by atoms with Crippen molar-refractivity contribution in [2.24, 2.45) is 0 Å². The summed E-state index contributed by atoms with van der Waals surface area (Å²) in [5.41, 5.74) is 12.0. The van der Waals surface area contributed by atoms with Gasteiger partial charge in [-0.1, -0.05) is 42.8 Å². The Morgan fingerprint density at radius 2 is 1.83 bits per heavy atom. The van der Waals surface area contributed by atoms with Crippen LogP contribution in [0.3, 0.4) is 0 Å². The number of nitrogens with one attached hydrogen (secondary N) is 1. The first kappa shape index (κ1) is 25.4. The van der Waals surface area contributed by atoms with Crippen molar-refractivity contribution in [3.63, 3.8) is 0 Å². The maximum atomic E-state index is 11.1.